The van der Waals surface area contributed by atoms with Crippen LogP contribution < -0.4 is 5.32 Å². The topological polar surface area (TPSA) is 77.3 Å². The second-order valence-corrected chi connectivity index (χ2v) is 3.05. The van der Waals surface area contributed by atoms with Crippen molar-refractivity contribution in [1.29, 1.82) is 0 Å². The summed E-state index contributed by atoms with van der Waals surface area (Å²) in [6.45, 7) is -0.185. The highest BCUT2D eigenvalue weighted by atomic mass is 19.3. The second-order valence-electron chi connectivity index (χ2n) is 3.05. The normalized spacial score (nSPS) is 10.5. The first-order valence-electron chi connectivity index (χ1n) is 4.80. The van der Waals surface area contributed by atoms with E-state index in [2.05, 4.69) is 15.0 Å². The minimum absolute atomic E-state index is 0.107. The molecule has 0 aliphatic carbocycles. The van der Waals surface area contributed by atoms with Gasteiger partial charge in [0.2, 0.25) is 0 Å². The van der Waals surface area contributed by atoms with E-state index in [9.17, 15) is 18.9 Å². The number of hydrogen-bond acceptors (Lipinski definition) is 5. The van der Waals surface area contributed by atoms with E-state index in [4.69, 9.17) is 0 Å². The van der Waals surface area contributed by atoms with Crippen molar-refractivity contribution in [3.05, 3.63) is 28.4 Å². The van der Waals surface area contributed by atoms with Crippen LogP contribution in [0.4, 0.5) is 20.3 Å². The van der Waals surface area contributed by atoms with Crippen LogP contribution in [-0.4, -0.2) is 36.1 Å². The smallest absolute Gasteiger partial charge is 0.287 e. The maximum Gasteiger partial charge on any atom is 0.287 e. The minimum atomic E-state index is -2.48. The molecule has 0 radical (unpaired) electrons. The molecule has 1 heterocycles. The number of nitrogens with zero attached hydrogens (tertiary/aromatic N) is 2. The Hall–Kier alpha value is -1.83. The van der Waals surface area contributed by atoms with Crippen molar-refractivity contribution < 1.29 is 18.4 Å². The molecule has 6 nitrogen and oxygen atoms in total. The molecule has 0 saturated heterocycles. The van der Waals surface area contributed by atoms with Gasteiger partial charge >= 0.3 is 0 Å². The molecule has 0 fully saturated rings. The van der Waals surface area contributed by atoms with E-state index in [0.29, 0.717) is 12.4 Å². The van der Waals surface area contributed by atoms with Crippen molar-refractivity contribution >= 4 is 11.5 Å². The van der Waals surface area contributed by atoms with Crippen LogP contribution in [0.2, 0.25) is 0 Å². The number of halogens is 2. The van der Waals surface area contributed by atoms with Crippen LogP contribution in [0.1, 0.15) is 0 Å². The average Bonchev–Trinajstić information content (AvgIpc) is 2.29. The zero-order chi connectivity index (χ0) is 12.7. The highest BCUT2D eigenvalue weighted by Crippen LogP contribution is 2.11. The van der Waals surface area contributed by atoms with Gasteiger partial charge in [-0.05, 0) is 6.07 Å². The monoisotopic (exact) mass is 247 g/mol. The van der Waals surface area contributed by atoms with E-state index in [1.54, 1.807) is 0 Å². The minimum Gasteiger partial charge on any atom is -0.374 e. The van der Waals surface area contributed by atoms with Crippen LogP contribution in [-0.2, 0) is 4.74 Å². The summed E-state index contributed by atoms with van der Waals surface area (Å²) in [5, 5.41) is 13.1. The highest BCUT2D eigenvalue weighted by molar-refractivity contribution is 5.39. The van der Waals surface area contributed by atoms with Crippen LogP contribution >= 0.6 is 0 Å². The van der Waals surface area contributed by atoms with E-state index < -0.39 is 18.0 Å². The predicted octanol–water partition coefficient (Wildman–Crippen LogP) is 1.68. The number of hydrogen-bond donors (Lipinski definition) is 1. The van der Waals surface area contributed by atoms with Gasteiger partial charge in [0.05, 0.1) is 11.5 Å². The van der Waals surface area contributed by atoms with Gasteiger partial charge in [-0.3, -0.25) is 10.1 Å². The van der Waals surface area contributed by atoms with E-state index >= 15 is 0 Å². The van der Waals surface area contributed by atoms with Crippen molar-refractivity contribution in [3.63, 3.8) is 0 Å². The number of alkyl halides is 2. The van der Waals surface area contributed by atoms with Gasteiger partial charge in [-0.25, -0.2) is 13.8 Å². The zero-order valence-electron chi connectivity index (χ0n) is 8.81. The Bertz CT molecular complexity index is 359. The van der Waals surface area contributed by atoms with Crippen molar-refractivity contribution in [2.24, 2.45) is 0 Å². The molecule has 94 valence electrons. The Labute approximate surface area is 95.8 Å². The van der Waals surface area contributed by atoms with E-state index in [1.165, 1.54) is 12.1 Å². The first-order valence-corrected chi connectivity index (χ1v) is 4.80. The average molecular weight is 247 g/mol. The molecule has 1 rings (SSSR count). The molecule has 0 unspecified atom stereocenters. The molecule has 17 heavy (non-hydrogen) atoms. The first kappa shape index (κ1) is 13.2. The van der Waals surface area contributed by atoms with Crippen LogP contribution in [0.5, 0.6) is 0 Å². The molecule has 8 heteroatoms. The zero-order valence-corrected chi connectivity index (χ0v) is 8.81. The van der Waals surface area contributed by atoms with Crippen LogP contribution in [0.3, 0.4) is 0 Å². The lowest BCUT2D eigenvalue weighted by Gasteiger charge is -2.05. The third-order valence-electron chi connectivity index (χ3n) is 1.76. The molecular weight excluding hydrogens is 236 g/mol. The number of anilines is 1. The van der Waals surface area contributed by atoms with Crippen LogP contribution in [0.15, 0.2) is 18.3 Å². The molecule has 1 aromatic rings. The maximum absolute atomic E-state index is 11.7. The van der Waals surface area contributed by atoms with Gasteiger partial charge in [0, 0.05) is 12.6 Å². The summed E-state index contributed by atoms with van der Waals surface area (Å²) in [7, 11) is 0. The lowest BCUT2D eigenvalue weighted by atomic mass is 10.4. The van der Waals surface area contributed by atoms with Gasteiger partial charge in [-0.1, -0.05) is 0 Å². The van der Waals surface area contributed by atoms with Crippen molar-refractivity contribution in [2.45, 2.75) is 6.43 Å². The third-order valence-corrected chi connectivity index (χ3v) is 1.76. The molecule has 0 bridgehead atoms. The van der Waals surface area contributed by atoms with Gasteiger partial charge < -0.3 is 10.1 Å². The summed E-state index contributed by atoms with van der Waals surface area (Å²) >= 11 is 0. The summed E-state index contributed by atoms with van der Waals surface area (Å²) in [4.78, 5) is 13.6. The van der Waals surface area contributed by atoms with Crippen molar-refractivity contribution in [3.8, 4) is 0 Å². The van der Waals surface area contributed by atoms with Gasteiger partial charge in [-0.2, -0.15) is 0 Å². The predicted molar refractivity (Wildman–Crippen MR) is 56.2 cm³/mol. The van der Waals surface area contributed by atoms with Gasteiger partial charge in [0.25, 0.3) is 12.1 Å². The molecule has 1 aromatic heterocycles. The fourth-order valence-corrected chi connectivity index (χ4v) is 1.02. The molecular formula is C9H11F2N3O3. The molecule has 0 aliphatic rings. The molecule has 0 amide bonds. The Morgan fingerprint density at radius 2 is 2.29 bits per heavy atom. The summed E-state index contributed by atoms with van der Waals surface area (Å²) in [5.41, 5.74) is -0.107. The van der Waals surface area contributed by atoms with E-state index in [1.807, 2.05) is 0 Å². The van der Waals surface area contributed by atoms with Crippen molar-refractivity contribution in [2.75, 3.05) is 25.1 Å². The largest absolute Gasteiger partial charge is 0.374 e. The van der Waals surface area contributed by atoms with Gasteiger partial charge in [-0.15, -0.1) is 0 Å². The Morgan fingerprint density at radius 1 is 1.53 bits per heavy atom. The van der Waals surface area contributed by atoms with E-state index in [-0.39, 0.29) is 12.3 Å². The van der Waals surface area contributed by atoms with Crippen molar-refractivity contribution in [1.82, 2.24) is 4.98 Å². The number of nitro groups is 1. The quantitative estimate of drug-likeness (QED) is 0.450. The molecule has 0 spiro atoms. The van der Waals surface area contributed by atoms with Gasteiger partial charge in [0.15, 0.2) is 0 Å². The number of ether oxygens (including phenoxy) is 1. The lowest BCUT2D eigenvalue weighted by molar-refractivity contribution is -0.385. The van der Waals surface area contributed by atoms with Crippen LogP contribution in [0, 0.1) is 10.1 Å². The number of nitrogens with one attached hydrogen (secondary N) is 1. The summed E-state index contributed by atoms with van der Waals surface area (Å²) < 4.78 is 28.0. The molecule has 0 atom stereocenters. The maximum atomic E-state index is 11.7. The fraction of sp³-hybridized carbons (Fsp3) is 0.444. The lowest BCUT2D eigenvalue weighted by Crippen LogP contribution is -2.13. The molecule has 0 aliphatic heterocycles. The van der Waals surface area contributed by atoms with E-state index in [0.717, 1.165) is 6.20 Å². The Kier molecular flexibility index (Phi) is 5.21. The second kappa shape index (κ2) is 6.69. The summed E-state index contributed by atoms with van der Waals surface area (Å²) in [5.74, 6) is 0.427. The molecule has 1 N–H and O–H groups in total. The SMILES string of the molecule is O=[N+]([O-])c1ccc(NCCOCC(F)F)nc1. The first-order chi connectivity index (χ1) is 8.09. The summed E-state index contributed by atoms with van der Waals surface area (Å²) in [6, 6.07) is 2.74. The number of pyridine rings is 1. The van der Waals surface area contributed by atoms with Gasteiger partial charge in [0.1, 0.15) is 18.6 Å². The number of aromatic nitrogens is 1. The van der Waals surface area contributed by atoms with Crippen LogP contribution in [0.25, 0.3) is 0 Å². The standard InChI is InChI=1S/C9H11F2N3O3/c10-8(11)6-17-4-3-12-9-2-1-7(5-13-9)14(15)16/h1-2,5,8H,3-4,6H2,(H,12,13). The molecule has 0 aromatic carbocycles. The fourth-order valence-electron chi connectivity index (χ4n) is 1.02. The third kappa shape index (κ3) is 5.16. The Balaban J connectivity index is 2.25. The summed E-state index contributed by atoms with van der Waals surface area (Å²) in [6.07, 6.45) is -1.37. The molecule has 0 saturated carbocycles. The number of rotatable bonds is 7. The highest BCUT2D eigenvalue weighted by Gasteiger charge is 2.05. The Morgan fingerprint density at radius 3 is 2.82 bits per heavy atom.